The maximum absolute atomic E-state index is 12.4. The molecule has 0 aliphatic heterocycles. The highest BCUT2D eigenvalue weighted by Gasteiger charge is 2.19. The Labute approximate surface area is 145 Å². The van der Waals surface area contributed by atoms with Gasteiger partial charge < -0.3 is 14.8 Å². The molecule has 0 radical (unpaired) electrons. The topological polar surface area (TPSA) is 90.7 Å². The van der Waals surface area contributed by atoms with Gasteiger partial charge in [-0.2, -0.15) is 0 Å². The zero-order chi connectivity index (χ0) is 18.6. The number of ether oxygens (including phenoxy) is 2. The van der Waals surface area contributed by atoms with Crippen molar-refractivity contribution in [3.05, 3.63) is 57.6 Å². The standard InChI is InChI=1S/C18H20N2O5/c1-11-5-6-12(2)16(9-11)25-13(3)18(21)19-15-8-7-14(20(22)23)10-17(15)24-4/h5-10,13H,1-4H3,(H,19,21). The molecule has 2 rings (SSSR count). The molecule has 0 aliphatic rings. The molecule has 1 atom stereocenters. The second kappa shape index (κ2) is 7.65. The number of nitro benzene ring substituents is 1. The number of anilines is 1. The Morgan fingerprint density at radius 3 is 2.52 bits per heavy atom. The van der Waals surface area contributed by atoms with Gasteiger partial charge in [-0.3, -0.25) is 14.9 Å². The number of hydrogen-bond donors (Lipinski definition) is 1. The first-order valence-electron chi connectivity index (χ1n) is 7.69. The molecule has 2 aromatic carbocycles. The summed E-state index contributed by atoms with van der Waals surface area (Å²) in [5, 5.41) is 13.5. The number of carbonyl (C=O) groups is 1. The zero-order valence-corrected chi connectivity index (χ0v) is 14.5. The van der Waals surface area contributed by atoms with Crippen LogP contribution in [0.5, 0.6) is 11.5 Å². The van der Waals surface area contributed by atoms with E-state index in [0.29, 0.717) is 11.4 Å². The Morgan fingerprint density at radius 2 is 1.88 bits per heavy atom. The first-order chi connectivity index (χ1) is 11.8. The zero-order valence-electron chi connectivity index (χ0n) is 14.5. The molecule has 0 fully saturated rings. The second-order valence-corrected chi connectivity index (χ2v) is 5.66. The first-order valence-corrected chi connectivity index (χ1v) is 7.69. The van der Waals surface area contributed by atoms with E-state index in [4.69, 9.17) is 9.47 Å². The molecule has 0 heterocycles. The molecule has 0 aromatic heterocycles. The Kier molecular flexibility index (Phi) is 5.59. The Balaban J connectivity index is 2.13. The molecular weight excluding hydrogens is 324 g/mol. The first kappa shape index (κ1) is 18.3. The Bertz CT molecular complexity index is 804. The molecule has 0 saturated carbocycles. The number of rotatable bonds is 6. The van der Waals surface area contributed by atoms with Crippen LogP contribution in [0.1, 0.15) is 18.1 Å². The third kappa shape index (κ3) is 4.47. The van der Waals surface area contributed by atoms with Crippen LogP contribution in [0.25, 0.3) is 0 Å². The minimum absolute atomic E-state index is 0.116. The van der Waals surface area contributed by atoms with E-state index in [1.807, 2.05) is 32.0 Å². The number of nitrogens with zero attached hydrogens (tertiary/aromatic N) is 1. The number of benzene rings is 2. The molecule has 1 N–H and O–H groups in total. The molecule has 0 aliphatic carbocycles. The maximum Gasteiger partial charge on any atom is 0.273 e. The smallest absolute Gasteiger partial charge is 0.273 e. The van der Waals surface area contributed by atoms with Crippen molar-refractivity contribution in [2.75, 3.05) is 12.4 Å². The number of non-ortho nitro benzene ring substituents is 1. The lowest BCUT2D eigenvalue weighted by Crippen LogP contribution is -2.30. The highest BCUT2D eigenvalue weighted by molar-refractivity contribution is 5.95. The fraction of sp³-hybridized carbons (Fsp3) is 0.278. The van der Waals surface area contributed by atoms with E-state index in [2.05, 4.69) is 5.32 Å². The van der Waals surface area contributed by atoms with Crippen LogP contribution in [0.2, 0.25) is 0 Å². The van der Waals surface area contributed by atoms with Crippen molar-refractivity contribution in [1.82, 2.24) is 0 Å². The summed E-state index contributed by atoms with van der Waals surface area (Å²) in [5.41, 5.74) is 2.19. The van der Waals surface area contributed by atoms with Gasteiger partial charge in [0.25, 0.3) is 11.6 Å². The van der Waals surface area contributed by atoms with E-state index in [-0.39, 0.29) is 17.3 Å². The van der Waals surface area contributed by atoms with Crippen molar-refractivity contribution >= 4 is 17.3 Å². The second-order valence-electron chi connectivity index (χ2n) is 5.66. The summed E-state index contributed by atoms with van der Waals surface area (Å²) >= 11 is 0. The molecule has 1 unspecified atom stereocenters. The minimum atomic E-state index is -0.750. The lowest BCUT2D eigenvalue weighted by molar-refractivity contribution is -0.384. The largest absolute Gasteiger partial charge is 0.494 e. The van der Waals surface area contributed by atoms with Gasteiger partial charge in [-0.1, -0.05) is 12.1 Å². The van der Waals surface area contributed by atoms with Gasteiger partial charge in [0.15, 0.2) is 6.10 Å². The fourth-order valence-corrected chi connectivity index (χ4v) is 2.21. The number of hydrogen-bond acceptors (Lipinski definition) is 5. The van der Waals surface area contributed by atoms with Crippen LogP contribution in [0.4, 0.5) is 11.4 Å². The van der Waals surface area contributed by atoms with E-state index >= 15 is 0 Å². The lowest BCUT2D eigenvalue weighted by Gasteiger charge is -2.17. The number of methoxy groups -OCH3 is 1. The van der Waals surface area contributed by atoms with Crippen molar-refractivity contribution in [3.8, 4) is 11.5 Å². The van der Waals surface area contributed by atoms with Gasteiger partial charge in [0.2, 0.25) is 0 Å². The summed E-state index contributed by atoms with van der Waals surface area (Å²) in [6.45, 7) is 5.48. The predicted molar refractivity (Wildman–Crippen MR) is 94.3 cm³/mol. The summed E-state index contributed by atoms with van der Waals surface area (Å²) in [6.07, 6.45) is -0.750. The highest BCUT2D eigenvalue weighted by atomic mass is 16.6. The molecule has 7 nitrogen and oxygen atoms in total. The van der Waals surface area contributed by atoms with Crippen LogP contribution in [0, 0.1) is 24.0 Å². The average Bonchev–Trinajstić information content (AvgIpc) is 2.58. The molecule has 2 aromatic rings. The van der Waals surface area contributed by atoms with Crippen molar-refractivity contribution in [3.63, 3.8) is 0 Å². The molecule has 0 spiro atoms. The van der Waals surface area contributed by atoms with Gasteiger partial charge in [-0.15, -0.1) is 0 Å². The molecular formula is C18H20N2O5. The summed E-state index contributed by atoms with van der Waals surface area (Å²) in [6, 6.07) is 9.74. The summed E-state index contributed by atoms with van der Waals surface area (Å²) < 4.78 is 10.8. The van der Waals surface area contributed by atoms with Crippen LogP contribution in [0.15, 0.2) is 36.4 Å². The number of nitro groups is 1. The SMILES string of the molecule is COc1cc([N+](=O)[O-])ccc1NC(=O)C(C)Oc1cc(C)ccc1C. The monoisotopic (exact) mass is 344 g/mol. The van der Waals surface area contributed by atoms with E-state index in [9.17, 15) is 14.9 Å². The number of nitrogens with one attached hydrogen (secondary N) is 1. The summed E-state index contributed by atoms with van der Waals surface area (Å²) in [5.74, 6) is 0.466. The number of amides is 1. The minimum Gasteiger partial charge on any atom is -0.494 e. The molecule has 7 heteroatoms. The third-order valence-electron chi connectivity index (χ3n) is 3.67. The van der Waals surface area contributed by atoms with Gasteiger partial charge in [0.05, 0.1) is 23.8 Å². The van der Waals surface area contributed by atoms with Gasteiger partial charge in [-0.05, 0) is 44.0 Å². The van der Waals surface area contributed by atoms with E-state index in [0.717, 1.165) is 11.1 Å². The van der Waals surface area contributed by atoms with Crippen LogP contribution < -0.4 is 14.8 Å². The van der Waals surface area contributed by atoms with Crippen molar-refractivity contribution in [2.45, 2.75) is 26.9 Å². The van der Waals surface area contributed by atoms with Crippen molar-refractivity contribution in [1.29, 1.82) is 0 Å². The van der Waals surface area contributed by atoms with Crippen LogP contribution in [-0.2, 0) is 4.79 Å². The number of carbonyl (C=O) groups excluding carboxylic acids is 1. The van der Waals surface area contributed by atoms with E-state index in [1.165, 1.54) is 25.3 Å². The molecule has 0 bridgehead atoms. The van der Waals surface area contributed by atoms with Gasteiger partial charge in [-0.25, -0.2) is 0 Å². The maximum atomic E-state index is 12.4. The lowest BCUT2D eigenvalue weighted by atomic mass is 10.1. The van der Waals surface area contributed by atoms with E-state index < -0.39 is 11.0 Å². The van der Waals surface area contributed by atoms with Gasteiger partial charge in [0.1, 0.15) is 11.5 Å². The Morgan fingerprint density at radius 1 is 1.16 bits per heavy atom. The van der Waals surface area contributed by atoms with Gasteiger partial charge >= 0.3 is 0 Å². The quantitative estimate of drug-likeness (QED) is 0.638. The average molecular weight is 344 g/mol. The van der Waals surface area contributed by atoms with E-state index in [1.54, 1.807) is 6.92 Å². The van der Waals surface area contributed by atoms with Gasteiger partial charge in [0, 0.05) is 6.07 Å². The Hall–Kier alpha value is -3.09. The molecule has 25 heavy (non-hydrogen) atoms. The highest BCUT2D eigenvalue weighted by Crippen LogP contribution is 2.29. The fourth-order valence-electron chi connectivity index (χ4n) is 2.21. The van der Waals surface area contributed by atoms with Crippen LogP contribution in [0.3, 0.4) is 0 Å². The molecule has 1 amide bonds. The number of aryl methyl sites for hydroxylation is 2. The predicted octanol–water partition coefficient (Wildman–Crippen LogP) is 3.63. The van der Waals surface area contributed by atoms with Crippen molar-refractivity contribution < 1.29 is 19.2 Å². The van der Waals surface area contributed by atoms with Crippen LogP contribution >= 0.6 is 0 Å². The van der Waals surface area contributed by atoms with Crippen molar-refractivity contribution in [2.24, 2.45) is 0 Å². The van der Waals surface area contributed by atoms with Crippen LogP contribution in [-0.4, -0.2) is 24.0 Å². The molecule has 132 valence electrons. The summed E-state index contributed by atoms with van der Waals surface area (Å²) in [4.78, 5) is 22.7. The molecule has 0 saturated heterocycles. The third-order valence-corrected chi connectivity index (χ3v) is 3.67. The normalized spacial score (nSPS) is 11.5. The summed E-state index contributed by atoms with van der Waals surface area (Å²) in [7, 11) is 1.38.